The van der Waals surface area contributed by atoms with Crippen LogP contribution in [-0.4, -0.2) is 37.2 Å². The Hall–Kier alpha value is -1.36. The number of nitrogens with zero attached hydrogens (tertiary/aromatic N) is 2. The van der Waals surface area contributed by atoms with Gasteiger partial charge in [0, 0.05) is 6.08 Å². The van der Waals surface area contributed by atoms with Crippen molar-refractivity contribution in [2.75, 3.05) is 20.7 Å². The largest absolute Gasteiger partial charge is 0.855 e. The van der Waals surface area contributed by atoms with Crippen LogP contribution in [0, 0.1) is 0 Å². The molecule has 1 aliphatic rings. The van der Waals surface area contributed by atoms with Gasteiger partial charge in [0.2, 0.25) is 5.70 Å². The molecule has 0 aromatic rings. The highest BCUT2D eigenvalue weighted by Crippen LogP contribution is 2.18. The van der Waals surface area contributed by atoms with Crippen molar-refractivity contribution in [3.05, 3.63) is 11.8 Å². The van der Waals surface area contributed by atoms with E-state index in [1.807, 2.05) is 0 Å². The van der Waals surface area contributed by atoms with Gasteiger partial charge in [-0.15, -0.1) is 0 Å². The number of esters is 1. The second kappa shape index (κ2) is 3.18. The number of hydrogen-bond acceptors (Lipinski definition) is 4. The lowest BCUT2D eigenvalue weighted by molar-refractivity contribution is -0.853. The molecule has 0 atom stereocenters. The topological polar surface area (TPSA) is 61.7 Å². The van der Waals surface area contributed by atoms with Gasteiger partial charge in [0.1, 0.15) is 0 Å². The van der Waals surface area contributed by atoms with Crippen LogP contribution in [0.4, 0.5) is 0 Å². The summed E-state index contributed by atoms with van der Waals surface area (Å²) in [6, 6.07) is 0. The fourth-order valence-electron chi connectivity index (χ4n) is 1.09. The molecule has 0 spiro atoms. The van der Waals surface area contributed by atoms with Crippen LogP contribution in [0.2, 0.25) is 0 Å². The molecule has 0 aliphatic carbocycles. The molecule has 0 saturated carbocycles. The number of carbonyl (C=O) groups is 1. The average Bonchev–Trinajstić information content (AvgIpc) is 2.24. The smallest absolute Gasteiger partial charge is 0.395 e. The first-order valence-corrected chi connectivity index (χ1v) is 3.98. The molecular weight excluding hydrogens is 172 g/mol. The summed E-state index contributed by atoms with van der Waals surface area (Å²) in [5.74, 6) is -0.879. The second-order valence-electron chi connectivity index (χ2n) is 3.08. The third-order valence-corrected chi connectivity index (χ3v) is 1.68. The molecule has 5 heteroatoms. The van der Waals surface area contributed by atoms with Crippen LogP contribution in [0.15, 0.2) is 16.9 Å². The van der Waals surface area contributed by atoms with Crippen molar-refractivity contribution in [1.82, 2.24) is 0 Å². The van der Waals surface area contributed by atoms with Gasteiger partial charge in [-0.25, -0.2) is 4.79 Å². The van der Waals surface area contributed by atoms with Crippen molar-refractivity contribution >= 4 is 11.9 Å². The van der Waals surface area contributed by atoms with Gasteiger partial charge in [0.25, 0.3) is 0 Å². The van der Waals surface area contributed by atoms with E-state index < -0.39 is 11.9 Å². The minimum absolute atomic E-state index is 0.0856. The number of rotatable bonds is 2. The molecule has 5 nitrogen and oxygen atoms in total. The third-order valence-electron chi connectivity index (χ3n) is 1.68. The molecule has 1 heterocycles. The number of quaternary nitrogens is 1. The van der Waals surface area contributed by atoms with Gasteiger partial charge in [0.05, 0.1) is 26.6 Å². The zero-order valence-corrected chi connectivity index (χ0v) is 7.90. The molecule has 13 heavy (non-hydrogen) atoms. The van der Waals surface area contributed by atoms with Gasteiger partial charge in [-0.2, -0.15) is 4.59 Å². The molecule has 72 valence electrons. The molecule has 0 aromatic heterocycles. The maximum atomic E-state index is 11.3. The number of hydrogen-bond donors (Lipinski definition) is 0. The predicted molar refractivity (Wildman–Crippen MR) is 44.3 cm³/mol. The number of ether oxygens (including phenoxy) is 1. The van der Waals surface area contributed by atoms with Crippen molar-refractivity contribution in [1.29, 1.82) is 0 Å². The van der Waals surface area contributed by atoms with E-state index in [1.54, 1.807) is 21.0 Å². The maximum absolute atomic E-state index is 11.3. The molecule has 0 aromatic carbocycles. The minimum atomic E-state index is -0.484. The molecule has 1 aliphatic heterocycles. The molecule has 0 unspecified atom stereocenters. The summed E-state index contributed by atoms with van der Waals surface area (Å²) < 4.78 is 4.69. The van der Waals surface area contributed by atoms with E-state index in [2.05, 4.69) is 5.10 Å². The van der Waals surface area contributed by atoms with Gasteiger partial charge >= 0.3 is 5.97 Å². The summed E-state index contributed by atoms with van der Waals surface area (Å²) in [5, 5.41) is 14.6. The van der Waals surface area contributed by atoms with Crippen LogP contribution in [0.5, 0.6) is 0 Å². The summed E-state index contributed by atoms with van der Waals surface area (Å²) in [6.07, 6.45) is 1.21. The first-order valence-electron chi connectivity index (χ1n) is 3.98. The lowest BCUT2D eigenvalue weighted by Gasteiger charge is -2.19. The van der Waals surface area contributed by atoms with Gasteiger partial charge in [-0.3, -0.25) is 0 Å². The monoisotopic (exact) mass is 184 g/mol. The molecular formula is C8H12N2O3. The highest BCUT2D eigenvalue weighted by atomic mass is 16.5. The Morgan fingerprint density at radius 2 is 2.31 bits per heavy atom. The van der Waals surface area contributed by atoms with Crippen LogP contribution in [-0.2, 0) is 9.53 Å². The van der Waals surface area contributed by atoms with E-state index in [0.29, 0.717) is 6.61 Å². The Kier molecular flexibility index (Phi) is 2.38. The van der Waals surface area contributed by atoms with Crippen molar-refractivity contribution in [3.63, 3.8) is 0 Å². The Morgan fingerprint density at radius 3 is 2.69 bits per heavy atom. The Bertz CT molecular complexity index is 292. The third kappa shape index (κ3) is 1.86. The first kappa shape index (κ1) is 9.73. The van der Waals surface area contributed by atoms with Crippen molar-refractivity contribution in [2.45, 2.75) is 6.92 Å². The highest BCUT2D eigenvalue weighted by molar-refractivity contribution is 5.96. The predicted octanol–water partition coefficient (Wildman–Crippen LogP) is -0.803. The van der Waals surface area contributed by atoms with Crippen LogP contribution in [0.1, 0.15) is 6.92 Å². The van der Waals surface area contributed by atoms with E-state index in [4.69, 9.17) is 4.74 Å². The fourth-order valence-corrected chi connectivity index (χ4v) is 1.09. The molecule has 0 N–H and O–H groups in total. The Labute approximate surface area is 76.5 Å². The average molecular weight is 184 g/mol. The van der Waals surface area contributed by atoms with Gasteiger partial charge in [0.15, 0.2) is 0 Å². The van der Waals surface area contributed by atoms with Crippen LogP contribution >= 0.6 is 0 Å². The zero-order valence-electron chi connectivity index (χ0n) is 7.90. The van der Waals surface area contributed by atoms with E-state index in [1.165, 1.54) is 6.08 Å². The normalized spacial score (nSPS) is 19.3. The van der Waals surface area contributed by atoms with E-state index in [0.717, 1.165) is 0 Å². The lowest BCUT2D eigenvalue weighted by Crippen LogP contribution is -2.35. The van der Waals surface area contributed by atoms with Crippen molar-refractivity contribution in [2.24, 2.45) is 5.10 Å². The van der Waals surface area contributed by atoms with E-state index in [9.17, 15) is 9.90 Å². The van der Waals surface area contributed by atoms with Crippen LogP contribution in [0.25, 0.3) is 0 Å². The summed E-state index contributed by atoms with van der Waals surface area (Å²) >= 11 is 0. The quantitative estimate of drug-likeness (QED) is 0.417. The van der Waals surface area contributed by atoms with E-state index >= 15 is 0 Å². The molecule has 1 rings (SSSR count). The van der Waals surface area contributed by atoms with E-state index in [-0.39, 0.29) is 10.3 Å². The first-order chi connectivity index (χ1) is 5.97. The van der Waals surface area contributed by atoms with Crippen molar-refractivity contribution < 1.29 is 19.2 Å². The molecule has 0 radical (unpaired) electrons. The summed E-state index contributed by atoms with van der Waals surface area (Å²) in [7, 11) is 3.29. The van der Waals surface area contributed by atoms with Crippen molar-refractivity contribution in [3.8, 4) is 0 Å². The molecule has 0 saturated heterocycles. The summed E-state index contributed by atoms with van der Waals surface area (Å²) in [6.45, 7) is 2.01. The number of carbonyl (C=O) groups excluding carboxylic acids is 1. The number of likely N-dealkylation sites (N-methyl/N-ethyl adjacent to an activating group) is 1. The highest BCUT2D eigenvalue weighted by Gasteiger charge is 2.33. The summed E-state index contributed by atoms with van der Waals surface area (Å²) in [5.41, 5.74) is 0.270. The standard InChI is InChI=1S/C8H12N2O3/c1-4-13-8(12)6-5-7(11)9-10(6,2)3/h5H,4H2,1-3H3. The lowest BCUT2D eigenvalue weighted by atomic mass is 10.4. The van der Waals surface area contributed by atoms with Gasteiger partial charge in [-0.1, -0.05) is 5.10 Å². The SMILES string of the molecule is CCOC(=O)C1=CC([O-])=N[N+]1(C)C. The Morgan fingerprint density at radius 1 is 1.69 bits per heavy atom. The zero-order chi connectivity index (χ0) is 10.1. The summed E-state index contributed by atoms with van der Waals surface area (Å²) in [4.78, 5) is 11.3. The maximum Gasteiger partial charge on any atom is 0.395 e. The minimum Gasteiger partial charge on any atom is -0.855 e. The molecule has 0 amide bonds. The van der Waals surface area contributed by atoms with Gasteiger partial charge in [-0.05, 0) is 6.92 Å². The van der Waals surface area contributed by atoms with Crippen LogP contribution < -0.4 is 5.11 Å². The van der Waals surface area contributed by atoms with Gasteiger partial charge < -0.3 is 9.84 Å². The van der Waals surface area contributed by atoms with Crippen LogP contribution in [0.3, 0.4) is 0 Å². The second-order valence-corrected chi connectivity index (χ2v) is 3.08. The molecule has 0 fully saturated rings. The fraction of sp³-hybridized carbons (Fsp3) is 0.500. The molecule has 0 bridgehead atoms. The Balaban J connectivity index is 2.84.